The first kappa shape index (κ1) is 15.1. The fourth-order valence-electron chi connectivity index (χ4n) is 3.28. The number of urea groups is 1. The molecule has 0 spiro atoms. The van der Waals surface area contributed by atoms with Gasteiger partial charge in [-0.1, -0.05) is 6.92 Å². The Kier molecular flexibility index (Phi) is 4.52. The highest BCUT2D eigenvalue weighted by Crippen LogP contribution is 2.33. The standard InChI is InChI=1S/C14H24N2O4/c1-3-14(12(17)18)7-5-8-16(14)13(19)15(2)10-11-6-4-9-20-11/h11H,3-10H2,1-2H3,(H,17,18). The van der Waals surface area contributed by atoms with Crippen molar-refractivity contribution in [3.63, 3.8) is 0 Å². The van der Waals surface area contributed by atoms with Crippen LogP contribution in [0.4, 0.5) is 4.79 Å². The summed E-state index contributed by atoms with van der Waals surface area (Å²) in [5, 5.41) is 9.51. The van der Waals surface area contributed by atoms with Crippen LogP contribution in [0, 0.1) is 0 Å². The average Bonchev–Trinajstić information content (AvgIpc) is 3.06. The molecule has 114 valence electrons. The molecule has 0 bridgehead atoms. The van der Waals surface area contributed by atoms with Crippen molar-refractivity contribution in [2.45, 2.75) is 50.7 Å². The van der Waals surface area contributed by atoms with Gasteiger partial charge in [0, 0.05) is 26.7 Å². The van der Waals surface area contributed by atoms with E-state index in [0.717, 1.165) is 25.9 Å². The maximum atomic E-state index is 12.5. The Morgan fingerprint density at radius 3 is 2.75 bits per heavy atom. The summed E-state index contributed by atoms with van der Waals surface area (Å²) in [4.78, 5) is 27.3. The second-order valence-electron chi connectivity index (χ2n) is 5.74. The van der Waals surface area contributed by atoms with Crippen LogP contribution >= 0.6 is 0 Å². The Morgan fingerprint density at radius 2 is 2.20 bits per heavy atom. The molecule has 0 radical (unpaired) electrons. The molecule has 2 saturated heterocycles. The summed E-state index contributed by atoms with van der Waals surface area (Å²) in [6.45, 7) is 3.65. The number of likely N-dealkylation sites (N-methyl/N-ethyl adjacent to an activating group) is 1. The molecular weight excluding hydrogens is 260 g/mol. The van der Waals surface area contributed by atoms with Crippen LogP contribution in [0.3, 0.4) is 0 Å². The summed E-state index contributed by atoms with van der Waals surface area (Å²) in [6.07, 6.45) is 3.83. The van der Waals surface area contributed by atoms with Gasteiger partial charge in [0.1, 0.15) is 5.54 Å². The second-order valence-corrected chi connectivity index (χ2v) is 5.74. The van der Waals surface area contributed by atoms with E-state index in [-0.39, 0.29) is 12.1 Å². The Balaban J connectivity index is 2.04. The van der Waals surface area contributed by atoms with E-state index in [2.05, 4.69) is 0 Å². The summed E-state index contributed by atoms with van der Waals surface area (Å²) < 4.78 is 5.53. The fraction of sp³-hybridized carbons (Fsp3) is 0.857. The van der Waals surface area contributed by atoms with Gasteiger partial charge >= 0.3 is 12.0 Å². The predicted molar refractivity (Wildman–Crippen MR) is 73.6 cm³/mol. The van der Waals surface area contributed by atoms with Gasteiger partial charge in [-0.2, -0.15) is 0 Å². The highest BCUT2D eigenvalue weighted by atomic mass is 16.5. The van der Waals surface area contributed by atoms with Gasteiger partial charge in [0.25, 0.3) is 0 Å². The molecule has 0 aromatic heterocycles. The van der Waals surface area contributed by atoms with E-state index >= 15 is 0 Å². The first-order chi connectivity index (χ1) is 9.51. The summed E-state index contributed by atoms with van der Waals surface area (Å²) >= 11 is 0. The molecule has 2 aliphatic rings. The van der Waals surface area contributed by atoms with E-state index in [1.54, 1.807) is 11.9 Å². The van der Waals surface area contributed by atoms with E-state index in [1.807, 2.05) is 6.92 Å². The zero-order valence-electron chi connectivity index (χ0n) is 12.3. The second kappa shape index (κ2) is 5.99. The zero-order valence-corrected chi connectivity index (χ0v) is 12.3. The van der Waals surface area contributed by atoms with Crippen LogP contribution in [0.15, 0.2) is 0 Å². The van der Waals surface area contributed by atoms with Crippen molar-refractivity contribution in [2.24, 2.45) is 0 Å². The molecule has 0 aliphatic carbocycles. The third-order valence-corrected chi connectivity index (χ3v) is 4.53. The lowest BCUT2D eigenvalue weighted by molar-refractivity contribution is -0.148. The minimum atomic E-state index is -1.03. The molecule has 2 rings (SSSR count). The van der Waals surface area contributed by atoms with Crippen LogP contribution in [0.1, 0.15) is 39.0 Å². The van der Waals surface area contributed by atoms with Crippen molar-refractivity contribution in [2.75, 3.05) is 26.7 Å². The van der Waals surface area contributed by atoms with Crippen LogP contribution < -0.4 is 0 Å². The van der Waals surface area contributed by atoms with E-state index in [0.29, 0.717) is 25.9 Å². The largest absolute Gasteiger partial charge is 0.479 e. The van der Waals surface area contributed by atoms with Crippen molar-refractivity contribution in [1.29, 1.82) is 0 Å². The number of aliphatic carboxylic acids is 1. The smallest absolute Gasteiger partial charge is 0.329 e. The van der Waals surface area contributed by atoms with Gasteiger partial charge < -0.3 is 19.6 Å². The number of carboxylic acid groups (broad SMARTS) is 1. The molecule has 2 aliphatic heterocycles. The van der Waals surface area contributed by atoms with Gasteiger partial charge in [-0.3, -0.25) is 0 Å². The minimum absolute atomic E-state index is 0.0902. The number of nitrogens with zero attached hydrogens (tertiary/aromatic N) is 2. The number of likely N-dealkylation sites (tertiary alicyclic amines) is 1. The molecule has 2 atom stereocenters. The Hall–Kier alpha value is -1.30. The zero-order chi connectivity index (χ0) is 14.8. The number of hydrogen-bond acceptors (Lipinski definition) is 3. The number of amides is 2. The molecule has 6 nitrogen and oxygen atoms in total. The van der Waals surface area contributed by atoms with Crippen molar-refractivity contribution in [1.82, 2.24) is 9.80 Å². The van der Waals surface area contributed by atoms with Gasteiger partial charge in [0.05, 0.1) is 6.10 Å². The van der Waals surface area contributed by atoms with Gasteiger partial charge in [0.15, 0.2) is 0 Å². The first-order valence-electron chi connectivity index (χ1n) is 7.39. The van der Waals surface area contributed by atoms with E-state index in [9.17, 15) is 14.7 Å². The monoisotopic (exact) mass is 284 g/mol. The molecule has 2 fully saturated rings. The van der Waals surface area contributed by atoms with Crippen LogP contribution in [-0.2, 0) is 9.53 Å². The topological polar surface area (TPSA) is 70.1 Å². The summed E-state index contributed by atoms with van der Waals surface area (Å²) in [5.74, 6) is -0.892. The Morgan fingerprint density at radius 1 is 1.45 bits per heavy atom. The van der Waals surface area contributed by atoms with Gasteiger partial charge in [-0.05, 0) is 32.1 Å². The molecular formula is C14H24N2O4. The third-order valence-electron chi connectivity index (χ3n) is 4.53. The summed E-state index contributed by atoms with van der Waals surface area (Å²) in [5.41, 5.74) is -1.03. The highest BCUT2D eigenvalue weighted by molar-refractivity contribution is 5.87. The Labute approximate surface area is 119 Å². The molecule has 2 unspecified atom stereocenters. The van der Waals surface area contributed by atoms with Crippen LogP contribution in [0.5, 0.6) is 0 Å². The molecule has 0 saturated carbocycles. The molecule has 2 amide bonds. The van der Waals surface area contributed by atoms with Crippen molar-refractivity contribution in [3.8, 4) is 0 Å². The normalized spacial score (nSPS) is 29.7. The third kappa shape index (κ3) is 2.61. The SMILES string of the molecule is CCC1(C(=O)O)CCCN1C(=O)N(C)CC1CCCO1. The number of carbonyl (C=O) groups is 2. The predicted octanol–water partition coefficient (Wildman–Crippen LogP) is 1.55. The van der Waals surface area contributed by atoms with Gasteiger partial charge in [-0.15, -0.1) is 0 Å². The maximum absolute atomic E-state index is 12.5. The number of rotatable bonds is 4. The molecule has 6 heteroatoms. The fourth-order valence-corrected chi connectivity index (χ4v) is 3.28. The first-order valence-corrected chi connectivity index (χ1v) is 7.39. The number of carboxylic acids is 1. The highest BCUT2D eigenvalue weighted by Gasteiger charge is 2.49. The van der Waals surface area contributed by atoms with Crippen molar-refractivity contribution < 1.29 is 19.4 Å². The van der Waals surface area contributed by atoms with Crippen LogP contribution in [-0.4, -0.2) is 65.3 Å². The Bertz CT molecular complexity index is 381. The summed E-state index contributed by atoms with van der Waals surface area (Å²) in [7, 11) is 1.73. The molecule has 1 N–H and O–H groups in total. The lowest BCUT2D eigenvalue weighted by Gasteiger charge is -2.36. The summed E-state index contributed by atoms with van der Waals surface area (Å²) in [6, 6.07) is -0.192. The van der Waals surface area contributed by atoms with Crippen molar-refractivity contribution >= 4 is 12.0 Å². The van der Waals surface area contributed by atoms with Gasteiger partial charge in [0.2, 0.25) is 0 Å². The molecule has 2 heterocycles. The number of hydrogen-bond donors (Lipinski definition) is 1. The van der Waals surface area contributed by atoms with E-state index in [4.69, 9.17) is 4.74 Å². The molecule has 0 aromatic rings. The van der Waals surface area contributed by atoms with Crippen molar-refractivity contribution in [3.05, 3.63) is 0 Å². The number of ether oxygens (including phenoxy) is 1. The number of carbonyl (C=O) groups excluding carboxylic acids is 1. The van der Waals surface area contributed by atoms with Crippen LogP contribution in [0.25, 0.3) is 0 Å². The van der Waals surface area contributed by atoms with Crippen LogP contribution in [0.2, 0.25) is 0 Å². The van der Waals surface area contributed by atoms with E-state index in [1.165, 1.54) is 4.90 Å². The lowest BCUT2D eigenvalue weighted by atomic mass is 9.93. The quantitative estimate of drug-likeness (QED) is 0.850. The molecule has 20 heavy (non-hydrogen) atoms. The van der Waals surface area contributed by atoms with E-state index < -0.39 is 11.5 Å². The minimum Gasteiger partial charge on any atom is -0.479 e. The van der Waals surface area contributed by atoms with Gasteiger partial charge in [-0.25, -0.2) is 9.59 Å². The molecule has 0 aromatic carbocycles. The average molecular weight is 284 g/mol. The maximum Gasteiger partial charge on any atom is 0.329 e. The lowest BCUT2D eigenvalue weighted by Crippen LogP contribution is -2.56.